The summed E-state index contributed by atoms with van der Waals surface area (Å²) in [5, 5.41) is 11.7. The van der Waals surface area contributed by atoms with E-state index in [9.17, 15) is 9.59 Å². The number of carbonyl (C=O) groups is 2. The summed E-state index contributed by atoms with van der Waals surface area (Å²) in [5.41, 5.74) is 1.86. The number of nitrogens with zero attached hydrogens (tertiary/aromatic N) is 1. The Morgan fingerprint density at radius 2 is 1.74 bits per heavy atom. The van der Waals surface area contributed by atoms with Gasteiger partial charge < -0.3 is 16.0 Å². The van der Waals surface area contributed by atoms with Crippen molar-refractivity contribution in [2.24, 2.45) is 5.92 Å². The van der Waals surface area contributed by atoms with Crippen molar-refractivity contribution in [1.29, 1.82) is 0 Å². The summed E-state index contributed by atoms with van der Waals surface area (Å²) in [6.07, 6.45) is 2.01. The maximum Gasteiger partial charge on any atom is 0.319 e. The molecule has 0 aromatic heterocycles. The van der Waals surface area contributed by atoms with Gasteiger partial charge in [-0.15, -0.1) is 0 Å². The minimum atomic E-state index is -0.639. The van der Waals surface area contributed by atoms with Crippen molar-refractivity contribution >= 4 is 51.6 Å². The number of amides is 3. The van der Waals surface area contributed by atoms with Crippen LogP contribution < -0.4 is 16.0 Å². The highest BCUT2D eigenvalue weighted by Crippen LogP contribution is 2.25. The first-order valence-corrected chi connectivity index (χ1v) is 12.6. The van der Waals surface area contributed by atoms with E-state index in [2.05, 4.69) is 20.9 Å². The van der Waals surface area contributed by atoms with E-state index in [0.29, 0.717) is 28.2 Å². The Morgan fingerprint density at radius 3 is 2.51 bits per heavy atom. The van der Waals surface area contributed by atoms with Crippen LogP contribution in [0.5, 0.6) is 0 Å². The van der Waals surface area contributed by atoms with E-state index in [0.717, 1.165) is 48.8 Å². The Bertz CT molecular complexity index is 1190. The second-order valence-corrected chi connectivity index (χ2v) is 9.87. The van der Waals surface area contributed by atoms with Crippen LogP contribution in [0, 0.1) is 5.92 Å². The minimum absolute atomic E-state index is 0.184. The van der Waals surface area contributed by atoms with Crippen LogP contribution in [-0.2, 0) is 11.3 Å². The fraction of sp³-hybridized carbons (Fsp3) is 0.333. The second-order valence-electron chi connectivity index (χ2n) is 9.06. The van der Waals surface area contributed by atoms with Crippen LogP contribution in [0.15, 0.2) is 60.7 Å². The van der Waals surface area contributed by atoms with Gasteiger partial charge in [-0.2, -0.15) is 0 Å². The molecule has 0 aliphatic carbocycles. The first-order chi connectivity index (χ1) is 16.9. The molecule has 1 heterocycles. The fourth-order valence-corrected chi connectivity index (χ4v) is 4.72. The molecule has 1 saturated heterocycles. The average molecular weight is 513 g/mol. The third kappa shape index (κ3) is 6.88. The molecular formula is C27H30Cl2N4O2. The molecule has 3 N–H and O–H groups in total. The van der Waals surface area contributed by atoms with Gasteiger partial charge in [-0.3, -0.25) is 9.69 Å². The van der Waals surface area contributed by atoms with Crippen LogP contribution in [0.4, 0.5) is 10.5 Å². The number of likely N-dealkylation sites (tertiary alicyclic amines) is 1. The van der Waals surface area contributed by atoms with Crippen LogP contribution in [0.25, 0.3) is 10.8 Å². The monoisotopic (exact) mass is 512 g/mol. The van der Waals surface area contributed by atoms with E-state index in [1.54, 1.807) is 6.92 Å². The summed E-state index contributed by atoms with van der Waals surface area (Å²) >= 11 is 12.1. The molecule has 0 spiro atoms. The molecule has 1 atom stereocenters. The molecular weight excluding hydrogens is 483 g/mol. The van der Waals surface area contributed by atoms with Gasteiger partial charge in [0.2, 0.25) is 5.91 Å². The van der Waals surface area contributed by atoms with Crippen molar-refractivity contribution < 1.29 is 9.59 Å². The number of nitrogens with one attached hydrogen (secondary N) is 3. The Balaban J connectivity index is 1.18. The van der Waals surface area contributed by atoms with E-state index in [-0.39, 0.29) is 5.91 Å². The SMILES string of the molecule is C[C@H](NC(=O)Nc1cccc2ccccc12)C(=O)NCC1CCN(Cc2ccc(Cl)c(Cl)c2)CC1. The molecule has 4 rings (SSSR count). The first-order valence-electron chi connectivity index (χ1n) is 11.9. The summed E-state index contributed by atoms with van der Waals surface area (Å²) in [5.74, 6) is 0.233. The molecule has 3 aromatic carbocycles. The maximum atomic E-state index is 12.6. The van der Waals surface area contributed by atoms with Crippen molar-refractivity contribution in [1.82, 2.24) is 15.5 Å². The number of halogens is 2. The molecule has 1 fully saturated rings. The first kappa shape index (κ1) is 25.3. The van der Waals surface area contributed by atoms with E-state index >= 15 is 0 Å². The van der Waals surface area contributed by atoms with Crippen molar-refractivity contribution in [2.45, 2.75) is 32.4 Å². The lowest BCUT2D eigenvalue weighted by Crippen LogP contribution is -2.48. The Hall–Kier alpha value is -2.80. The molecule has 184 valence electrons. The molecule has 1 aliphatic heterocycles. The highest BCUT2D eigenvalue weighted by atomic mass is 35.5. The van der Waals surface area contributed by atoms with Gasteiger partial charge in [0.05, 0.1) is 15.7 Å². The quantitative estimate of drug-likeness (QED) is 0.380. The van der Waals surface area contributed by atoms with Gasteiger partial charge >= 0.3 is 6.03 Å². The highest BCUT2D eigenvalue weighted by Gasteiger charge is 2.22. The van der Waals surface area contributed by atoms with Crippen molar-refractivity contribution in [3.05, 3.63) is 76.3 Å². The zero-order valence-electron chi connectivity index (χ0n) is 19.7. The summed E-state index contributed by atoms with van der Waals surface area (Å²) in [7, 11) is 0. The molecule has 0 unspecified atom stereocenters. The third-order valence-electron chi connectivity index (χ3n) is 6.44. The van der Waals surface area contributed by atoms with E-state index in [1.807, 2.05) is 60.7 Å². The zero-order chi connectivity index (χ0) is 24.8. The molecule has 6 nitrogen and oxygen atoms in total. The van der Waals surface area contributed by atoms with Gasteiger partial charge in [-0.05, 0) is 67.9 Å². The minimum Gasteiger partial charge on any atom is -0.354 e. The molecule has 3 aromatic rings. The van der Waals surface area contributed by atoms with Gasteiger partial charge in [0, 0.05) is 18.5 Å². The zero-order valence-corrected chi connectivity index (χ0v) is 21.2. The Labute approximate surface area is 216 Å². The van der Waals surface area contributed by atoms with Crippen molar-refractivity contribution in [3.63, 3.8) is 0 Å². The predicted molar refractivity (Wildman–Crippen MR) is 143 cm³/mol. The number of benzene rings is 3. The van der Waals surface area contributed by atoms with E-state index in [4.69, 9.17) is 23.2 Å². The lowest BCUT2D eigenvalue weighted by atomic mass is 9.96. The van der Waals surface area contributed by atoms with Crippen LogP contribution >= 0.6 is 23.2 Å². The lowest BCUT2D eigenvalue weighted by molar-refractivity contribution is -0.122. The number of anilines is 1. The number of piperidine rings is 1. The maximum absolute atomic E-state index is 12.6. The van der Waals surface area contributed by atoms with Crippen molar-refractivity contribution in [3.8, 4) is 0 Å². The number of urea groups is 1. The smallest absolute Gasteiger partial charge is 0.319 e. The molecule has 0 saturated carbocycles. The second kappa shape index (κ2) is 11.8. The Kier molecular flexibility index (Phi) is 8.50. The molecule has 8 heteroatoms. The molecule has 3 amide bonds. The fourth-order valence-electron chi connectivity index (χ4n) is 4.40. The summed E-state index contributed by atoms with van der Waals surface area (Å²) in [4.78, 5) is 27.4. The topological polar surface area (TPSA) is 73.5 Å². The summed E-state index contributed by atoms with van der Waals surface area (Å²) in [6.45, 7) is 5.06. The van der Waals surface area contributed by atoms with Gasteiger partial charge in [-0.1, -0.05) is 65.7 Å². The molecule has 1 aliphatic rings. The molecule has 35 heavy (non-hydrogen) atoms. The van der Waals surface area contributed by atoms with E-state index in [1.165, 1.54) is 0 Å². The number of hydrogen-bond acceptors (Lipinski definition) is 3. The lowest BCUT2D eigenvalue weighted by Gasteiger charge is -2.32. The number of fused-ring (bicyclic) bond motifs is 1. The van der Waals surface area contributed by atoms with Crippen LogP contribution in [0.3, 0.4) is 0 Å². The molecule has 0 radical (unpaired) electrons. The largest absolute Gasteiger partial charge is 0.354 e. The van der Waals surface area contributed by atoms with E-state index < -0.39 is 12.1 Å². The highest BCUT2D eigenvalue weighted by molar-refractivity contribution is 6.42. The average Bonchev–Trinajstić information content (AvgIpc) is 2.86. The Morgan fingerprint density at radius 1 is 1.00 bits per heavy atom. The number of carbonyl (C=O) groups excluding carboxylic acids is 2. The van der Waals surface area contributed by atoms with Crippen molar-refractivity contribution in [2.75, 3.05) is 25.0 Å². The van der Waals surface area contributed by atoms with Gasteiger partial charge in [0.1, 0.15) is 6.04 Å². The third-order valence-corrected chi connectivity index (χ3v) is 7.18. The normalized spacial score (nSPS) is 15.5. The number of hydrogen-bond donors (Lipinski definition) is 3. The van der Waals surface area contributed by atoms with Crippen LogP contribution in [0.2, 0.25) is 10.0 Å². The summed E-state index contributed by atoms with van der Waals surface area (Å²) in [6, 6.07) is 18.3. The van der Waals surface area contributed by atoms with Gasteiger partial charge in [0.25, 0.3) is 0 Å². The van der Waals surface area contributed by atoms with Crippen LogP contribution in [0.1, 0.15) is 25.3 Å². The predicted octanol–water partition coefficient (Wildman–Crippen LogP) is 5.69. The molecule has 0 bridgehead atoms. The number of rotatable bonds is 7. The van der Waals surface area contributed by atoms with Gasteiger partial charge in [-0.25, -0.2) is 4.79 Å². The summed E-state index contributed by atoms with van der Waals surface area (Å²) < 4.78 is 0. The van der Waals surface area contributed by atoms with Gasteiger partial charge in [0.15, 0.2) is 0 Å². The van der Waals surface area contributed by atoms with Crippen LogP contribution in [-0.4, -0.2) is 42.5 Å². The standard InChI is InChI=1S/C27H30Cl2N4O2/c1-18(31-27(35)32-25-8-4-6-21-5-2-3-7-22(21)25)26(34)30-16-19-11-13-33(14-12-19)17-20-9-10-23(28)24(29)15-20/h2-10,15,18-19H,11-14,16-17H2,1H3,(H,30,34)(H2,31,32,35)/t18-/m0/s1.